The third-order valence-corrected chi connectivity index (χ3v) is 5.25. The number of hydrogen-bond acceptors (Lipinski definition) is 3. The van der Waals surface area contributed by atoms with Crippen LogP contribution in [0.3, 0.4) is 0 Å². The first-order valence-corrected chi connectivity index (χ1v) is 9.12. The minimum absolute atomic E-state index is 0.0720. The van der Waals surface area contributed by atoms with Crippen molar-refractivity contribution in [2.75, 3.05) is 17.6 Å². The number of amides is 1. The van der Waals surface area contributed by atoms with Crippen LogP contribution in [0, 0.1) is 0 Å². The third-order valence-electron chi connectivity index (χ3n) is 4.01. The van der Waals surface area contributed by atoms with E-state index in [4.69, 9.17) is 0 Å². The van der Waals surface area contributed by atoms with Gasteiger partial charge in [0.1, 0.15) is 5.25 Å². The second-order valence-corrected chi connectivity index (χ2v) is 6.88. The van der Waals surface area contributed by atoms with Gasteiger partial charge in [-0.25, -0.2) is 0 Å². The summed E-state index contributed by atoms with van der Waals surface area (Å²) in [5, 5.41) is 6.27. The van der Waals surface area contributed by atoms with E-state index < -0.39 is 0 Å². The van der Waals surface area contributed by atoms with Crippen molar-refractivity contribution in [3.05, 3.63) is 65.2 Å². The number of nitrogens with one attached hydrogen (secondary N) is 2. The highest BCUT2D eigenvalue weighted by Gasteiger charge is 2.26. The van der Waals surface area contributed by atoms with Gasteiger partial charge >= 0.3 is 0 Å². The summed E-state index contributed by atoms with van der Waals surface area (Å²) >= 11 is 1.73. The van der Waals surface area contributed by atoms with Crippen molar-refractivity contribution in [2.24, 2.45) is 0 Å². The van der Waals surface area contributed by atoms with Crippen molar-refractivity contribution in [1.29, 1.82) is 0 Å². The van der Waals surface area contributed by atoms with Crippen molar-refractivity contribution in [3.8, 4) is 0 Å². The Kier molecular flexibility index (Phi) is 5.36. The van der Waals surface area contributed by atoms with Crippen LogP contribution in [0.25, 0.3) is 0 Å². The molecular formula is C19H22N2OS. The zero-order valence-electron chi connectivity index (χ0n) is 13.3. The number of anilines is 1. The lowest BCUT2D eigenvalue weighted by Gasteiger charge is -2.24. The first kappa shape index (κ1) is 16.1. The van der Waals surface area contributed by atoms with Gasteiger partial charge in [0.05, 0.1) is 0 Å². The molecule has 2 N–H and O–H groups in total. The van der Waals surface area contributed by atoms with E-state index in [2.05, 4.69) is 35.8 Å². The molecule has 0 spiro atoms. The lowest BCUT2D eigenvalue weighted by molar-refractivity contribution is -0.115. The summed E-state index contributed by atoms with van der Waals surface area (Å²) in [6, 6.07) is 16.3. The summed E-state index contributed by atoms with van der Waals surface area (Å²) in [6.45, 7) is 3.84. The van der Waals surface area contributed by atoms with E-state index in [0.717, 1.165) is 36.5 Å². The van der Waals surface area contributed by atoms with E-state index in [9.17, 15) is 4.79 Å². The van der Waals surface area contributed by atoms with E-state index >= 15 is 0 Å². The molecule has 0 saturated carbocycles. The number of thioether (sulfide) groups is 1. The quantitative estimate of drug-likeness (QED) is 0.879. The van der Waals surface area contributed by atoms with Crippen LogP contribution in [0.2, 0.25) is 0 Å². The topological polar surface area (TPSA) is 41.1 Å². The molecule has 3 nitrogen and oxygen atoms in total. The van der Waals surface area contributed by atoms with Crippen LogP contribution in [0.5, 0.6) is 0 Å². The predicted octanol–water partition coefficient (Wildman–Crippen LogP) is 3.77. The monoisotopic (exact) mass is 326 g/mol. The lowest BCUT2D eigenvalue weighted by atomic mass is 10.0. The van der Waals surface area contributed by atoms with Crippen LogP contribution in [-0.4, -0.2) is 18.2 Å². The second kappa shape index (κ2) is 7.66. The highest BCUT2D eigenvalue weighted by Crippen LogP contribution is 2.37. The van der Waals surface area contributed by atoms with Crippen LogP contribution in [-0.2, 0) is 17.8 Å². The number of aryl methyl sites for hydroxylation is 1. The van der Waals surface area contributed by atoms with E-state index in [1.165, 1.54) is 11.1 Å². The third kappa shape index (κ3) is 3.95. The van der Waals surface area contributed by atoms with Crippen LogP contribution in [0.1, 0.15) is 28.9 Å². The highest BCUT2D eigenvalue weighted by molar-refractivity contribution is 8.00. The van der Waals surface area contributed by atoms with Gasteiger partial charge < -0.3 is 10.6 Å². The van der Waals surface area contributed by atoms with Gasteiger partial charge in [0, 0.05) is 12.2 Å². The Morgan fingerprint density at radius 3 is 2.96 bits per heavy atom. The first-order chi connectivity index (χ1) is 11.3. The van der Waals surface area contributed by atoms with Crippen molar-refractivity contribution in [2.45, 2.75) is 25.1 Å². The molecule has 2 aromatic carbocycles. The smallest absolute Gasteiger partial charge is 0.242 e. The van der Waals surface area contributed by atoms with Gasteiger partial charge in [0.25, 0.3) is 0 Å². The molecule has 3 rings (SSSR count). The normalized spacial score (nSPS) is 16.7. The summed E-state index contributed by atoms with van der Waals surface area (Å²) in [4.78, 5) is 12.7. The van der Waals surface area contributed by atoms with Crippen molar-refractivity contribution >= 4 is 23.4 Å². The predicted molar refractivity (Wildman–Crippen MR) is 97.8 cm³/mol. The molecule has 1 aliphatic rings. The molecule has 1 aliphatic heterocycles. The molecule has 4 heteroatoms. The summed E-state index contributed by atoms with van der Waals surface area (Å²) in [5.41, 5.74) is 4.51. The fourth-order valence-electron chi connectivity index (χ4n) is 2.85. The Balaban J connectivity index is 1.73. The second-order valence-electron chi connectivity index (χ2n) is 5.67. The van der Waals surface area contributed by atoms with Crippen LogP contribution in [0.15, 0.2) is 48.5 Å². The molecule has 120 valence electrons. The number of benzene rings is 2. The van der Waals surface area contributed by atoms with E-state index in [1.54, 1.807) is 11.8 Å². The van der Waals surface area contributed by atoms with E-state index in [0.29, 0.717) is 0 Å². The summed E-state index contributed by atoms with van der Waals surface area (Å²) in [5.74, 6) is 1.07. The number of carbonyl (C=O) groups excluding carboxylic acids is 1. The van der Waals surface area contributed by atoms with Crippen LogP contribution in [0.4, 0.5) is 5.69 Å². The average molecular weight is 326 g/mol. The molecule has 0 radical (unpaired) electrons. The Bertz CT molecular complexity index is 687. The molecule has 0 aliphatic carbocycles. The van der Waals surface area contributed by atoms with Crippen LogP contribution < -0.4 is 10.6 Å². The number of carbonyl (C=O) groups is 1. The summed E-state index contributed by atoms with van der Waals surface area (Å²) in [6.07, 6.45) is 1.04. The largest absolute Gasteiger partial charge is 0.325 e. The Morgan fingerprint density at radius 2 is 2.09 bits per heavy atom. The molecule has 0 fully saturated rings. The molecule has 1 heterocycles. The molecule has 1 amide bonds. The molecule has 0 bridgehead atoms. The van der Waals surface area contributed by atoms with Crippen molar-refractivity contribution in [1.82, 2.24) is 5.32 Å². The molecular weight excluding hydrogens is 304 g/mol. The maximum atomic E-state index is 12.7. The molecule has 1 unspecified atom stereocenters. The fourth-order valence-corrected chi connectivity index (χ4v) is 4.04. The minimum Gasteiger partial charge on any atom is -0.325 e. The minimum atomic E-state index is -0.114. The molecule has 2 aromatic rings. The Labute approximate surface area is 141 Å². The summed E-state index contributed by atoms with van der Waals surface area (Å²) < 4.78 is 0. The molecule has 0 aromatic heterocycles. The van der Waals surface area contributed by atoms with E-state index in [-0.39, 0.29) is 11.2 Å². The van der Waals surface area contributed by atoms with Crippen LogP contribution >= 0.6 is 11.8 Å². The molecule has 1 atom stereocenters. The summed E-state index contributed by atoms with van der Waals surface area (Å²) in [7, 11) is 0. The van der Waals surface area contributed by atoms with Gasteiger partial charge in [-0.2, -0.15) is 0 Å². The van der Waals surface area contributed by atoms with Gasteiger partial charge in [-0.3, -0.25) is 4.79 Å². The van der Waals surface area contributed by atoms with Crippen molar-refractivity contribution < 1.29 is 4.79 Å². The first-order valence-electron chi connectivity index (χ1n) is 8.08. The number of fused-ring (bicyclic) bond motifs is 1. The van der Waals surface area contributed by atoms with Gasteiger partial charge in [-0.05, 0) is 47.5 Å². The standard InChI is InChI=1S/C19H22N2OS/c1-2-20-13-14-6-5-8-16(12-14)21-19(22)18-17-9-4-3-7-15(17)10-11-23-18/h3-9,12,18,20H,2,10-11,13H2,1H3,(H,21,22). The molecule has 0 saturated heterocycles. The van der Waals surface area contributed by atoms with Gasteiger partial charge in [0.2, 0.25) is 5.91 Å². The SMILES string of the molecule is CCNCc1cccc(NC(=O)C2SCCc3ccccc32)c1. The fraction of sp³-hybridized carbons (Fsp3) is 0.316. The van der Waals surface area contributed by atoms with Gasteiger partial charge in [-0.1, -0.05) is 43.3 Å². The number of rotatable bonds is 5. The Hall–Kier alpha value is -1.78. The maximum Gasteiger partial charge on any atom is 0.242 e. The lowest BCUT2D eigenvalue weighted by Crippen LogP contribution is -2.23. The Morgan fingerprint density at radius 1 is 1.22 bits per heavy atom. The zero-order chi connectivity index (χ0) is 16.1. The van der Waals surface area contributed by atoms with Gasteiger partial charge in [-0.15, -0.1) is 11.8 Å². The highest BCUT2D eigenvalue weighted by atomic mass is 32.2. The average Bonchev–Trinajstić information content (AvgIpc) is 2.59. The van der Waals surface area contributed by atoms with E-state index in [1.807, 2.05) is 30.3 Å². The zero-order valence-corrected chi connectivity index (χ0v) is 14.2. The molecule has 23 heavy (non-hydrogen) atoms. The van der Waals surface area contributed by atoms with Gasteiger partial charge in [0.15, 0.2) is 0 Å². The van der Waals surface area contributed by atoms with Crippen molar-refractivity contribution in [3.63, 3.8) is 0 Å². The number of hydrogen-bond donors (Lipinski definition) is 2. The maximum absolute atomic E-state index is 12.7.